The number of aromatic nitrogens is 2. The fourth-order valence-electron chi connectivity index (χ4n) is 2.41. The van der Waals surface area contributed by atoms with Crippen LogP contribution in [0.15, 0.2) is 48.5 Å². The van der Waals surface area contributed by atoms with Crippen LogP contribution >= 0.6 is 24.2 Å². The first-order valence-electron chi connectivity index (χ1n) is 7.30. The normalized spacial score (nSPS) is 10.6. The topological polar surface area (TPSA) is 95.5 Å². The van der Waals surface area contributed by atoms with E-state index in [1.807, 2.05) is 0 Å². The van der Waals surface area contributed by atoms with Crippen LogP contribution < -0.4 is 10.6 Å². The molecular formula is C17H15ClN4O2S. The number of thiol groups is 1. The van der Waals surface area contributed by atoms with Gasteiger partial charge in [-0.15, -0.1) is 0 Å². The lowest BCUT2D eigenvalue weighted by atomic mass is 10.2. The third-order valence-electron chi connectivity index (χ3n) is 3.46. The van der Waals surface area contributed by atoms with Crippen LogP contribution in [0.2, 0.25) is 5.02 Å². The van der Waals surface area contributed by atoms with Gasteiger partial charge in [0.2, 0.25) is 5.95 Å². The van der Waals surface area contributed by atoms with Gasteiger partial charge >= 0.3 is 0 Å². The largest absolute Gasteiger partial charge is 0.508 e. The van der Waals surface area contributed by atoms with Gasteiger partial charge in [-0.1, -0.05) is 23.7 Å². The first kappa shape index (κ1) is 17.2. The zero-order valence-corrected chi connectivity index (χ0v) is 14.6. The van der Waals surface area contributed by atoms with Gasteiger partial charge in [0.05, 0.1) is 17.1 Å². The molecule has 1 heterocycles. The summed E-state index contributed by atoms with van der Waals surface area (Å²) in [4.78, 5) is 10.0. The number of rotatable bonds is 4. The molecule has 0 spiro atoms. The first-order chi connectivity index (χ1) is 12.0. The second kappa shape index (κ2) is 7.08. The van der Waals surface area contributed by atoms with Crippen molar-refractivity contribution in [2.24, 2.45) is 0 Å². The number of hydrogen-bond donors (Lipinski definition) is 4. The Morgan fingerprint density at radius 1 is 1.00 bits per heavy atom. The van der Waals surface area contributed by atoms with Gasteiger partial charge in [-0.3, -0.25) is 4.90 Å². The van der Waals surface area contributed by atoms with Crippen molar-refractivity contribution in [2.45, 2.75) is 5.75 Å². The number of phenolic OH excluding ortho intramolecular Hbond substituents is 2. The minimum atomic E-state index is 0.0498. The van der Waals surface area contributed by atoms with Crippen LogP contribution in [0.25, 0.3) is 0 Å². The molecule has 0 saturated carbocycles. The van der Waals surface area contributed by atoms with Crippen molar-refractivity contribution in [3.63, 3.8) is 0 Å². The third-order valence-corrected chi connectivity index (χ3v) is 4.14. The number of benzene rings is 2. The van der Waals surface area contributed by atoms with E-state index < -0.39 is 0 Å². The lowest BCUT2D eigenvalue weighted by molar-refractivity contribution is 0.475. The molecule has 0 aliphatic carbocycles. The molecular weight excluding hydrogens is 360 g/mol. The zero-order valence-electron chi connectivity index (χ0n) is 13.0. The molecule has 3 rings (SSSR count). The monoisotopic (exact) mass is 374 g/mol. The Bertz CT molecular complexity index is 877. The van der Waals surface area contributed by atoms with Gasteiger partial charge in [-0.25, -0.2) is 4.98 Å². The summed E-state index contributed by atoms with van der Waals surface area (Å²) in [5.41, 5.74) is 7.49. The van der Waals surface area contributed by atoms with E-state index in [9.17, 15) is 10.2 Å². The van der Waals surface area contributed by atoms with Gasteiger partial charge in [0, 0.05) is 17.9 Å². The molecule has 0 unspecified atom stereocenters. The number of aromatic hydroxyl groups is 2. The summed E-state index contributed by atoms with van der Waals surface area (Å²) in [5, 5.41) is 20.0. The molecule has 6 nitrogen and oxygen atoms in total. The number of halogens is 1. The predicted octanol–water partition coefficient (Wildman–Crippen LogP) is 4.02. The molecule has 3 aromatic rings. The summed E-state index contributed by atoms with van der Waals surface area (Å²) >= 11 is 10.7. The SMILES string of the molecule is Nc1nc(CS)c(Cl)c(N(c2cccc(O)c2)c2cccc(O)c2)n1. The van der Waals surface area contributed by atoms with Crippen molar-refractivity contribution in [1.82, 2.24) is 9.97 Å². The molecule has 4 N–H and O–H groups in total. The van der Waals surface area contributed by atoms with Crippen LogP contribution in [0.5, 0.6) is 11.5 Å². The number of nitrogen functional groups attached to an aromatic ring is 1. The Kier molecular flexibility index (Phi) is 4.87. The van der Waals surface area contributed by atoms with Gasteiger partial charge in [-0.05, 0) is 24.3 Å². The van der Waals surface area contributed by atoms with Crippen molar-refractivity contribution < 1.29 is 10.2 Å². The molecule has 0 fully saturated rings. The number of phenols is 2. The van der Waals surface area contributed by atoms with Crippen molar-refractivity contribution >= 4 is 47.4 Å². The fourth-order valence-corrected chi connectivity index (χ4v) is 2.97. The zero-order chi connectivity index (χ0) is 18.0. The quantitative estimate of drug-likeness (QED) is 0.515. The summed E-state index contributed by atoms with van der Waals surface area (Å²) in [6, 6.07) is 13.2. The Morgan fingerprint density at radius 3 is 2.04 bits per heavy atom. The van der Waals surface area contributed by atoms with E-state index in [1.165, 1.54) is 0 Å². The smallest absolute Gasteiger partial charge is 0.222 e. The maximum absolute atomic E-state index is 9.86. The van der Waals surface area contributed by atoms with E-state index in [4.69, 9.17) is 17.3 Å². The molecule has 8 heteroatoms. The highest BCUT2D eigenvalue weighted by molar-refractivity contribution is 7.79. The van der Waals surface area contributed by atoms with Crippen LogP contribution in [0, 0.1) is 0 Å². The second-order valence-electron chi connectivity index (χ2n) is 5.20. The van der Waals surface area contributed by atoms with E-state index in [0.717, 1.165) is 0 Å². The molecule has 0 aliphatic rings. The van der Waals surface area contributed by atoms with E-state index >= 15 is 0 Å². The minimum Gasteiger partial charge on any atom is -0.508 e. The number of nitrogens with two attached hydrogens (primary N) is 1. The molecule has 0 radical (unpaired) electrons. The van der Waals surface area contributed by atoms with E-state index in [2.05, 4.69) is 22.6 Å². The lowest BCUT2D eigenvalue weighted by Crippen LogP contribution is -2.14. The summed E-state index contributed by atoms with van der Waals surface area (Å²) in [6.07, 6.45) is 0. The van der Waals surface area contributed by atoms with E-state index in [0.29, 0.717) is 22.9 Å². The van der Waals surface area contributed by atoms with Gasteiger partial charge in [0.25, 0.3) is 0 Å². The highest BCUT2D eigenvalue weighted by atomic mass is 35.5. The van der Waals surface area contributed by atoms with Crippen LogP contribution in [0.3, 0.4) is 0 Å². The van der Waals surface area contributed by atoms with Crippen molar-refractivity contribution in [2.75, 3.05) is 10.6 Å². The Hall–Kier alpha value is -2.64. The number of nitrogens with zero attached hydrogens (tertiary/aromatic N) is 3. The average molecular weight is 375 g/mol. The molecule has 2 aromatic carbocycles. The van der Waals surface area contributed by atoms with Crippen molar-refractivity contribution in [3.8, 4) is 11.5 Å². The summed E-state index contributed by atoms with van der Waals surface area (Å²) in [7, 11) is 0. The van der Waals surface area contributed by atoms with Crippen LogP contribution in [0.1, 0.15) is 5.69 Å². The molecule has 0 bridgehead atoms. The summed E-state index contributed by atoms with van der Waals surface area (Å²) < 4.78 is 0. The Labute approximate surface area is 154 Å². The van der Waals surface area contributed by atoms with Crippen LogP contribution in [-0.4, -0.2) is 20.2 Å². The molecule has 128 valence electrons. The summed E-state index contributed by atoms with van der Waals surface area (Å²) in [5.74, 6) is 0.820. The molecule has 0 saturated heterocycles. The van der Waals surface area contributed by atoms with Crippen LogP contribution in [-0.2, 0) is 5.75 Å². The molecule has 0 amide bonds. The number of anilines is 4. The van der Waals surface area contributed by atoms with Crippen molar-refractivity contribution in [1.29, 1.82) is 0 Å². The maximum atomic E-state index is 9.86. The lowest BCUT2D eigenvalue weighted by Gasteiger charge is -2.26. The molecule has 1 aromatic heterocycles. The van der Waals surface area contributed by atoms with E-state index in [-0.39, 0.29) is 28.2 Å². The first-order valence-corrected chi connectivity index (χ1v) is 8.31. The standard InChI is InChI=1S/C17H15ClN4O2S/c18-15-14(9-25)20-17(19)21-16(15)22(10-3-1-5-12(23)7-10)11-4-2-6-13(24)8-11/h1-8,23-25H,9H2,(H2,19,20,21). The highest BCUT2D eigenvalue weighted by Gasteiger charge is 2.21. The van der Waals surface area contributed by atoms with Crippen molar-refractivity contribution in [3.05, 3.63) is 59.2 Å². The summed E-state index contributed by atoms with van der Waals surface area (Å²) in [6.45, 7) is 0. The maximum Gasteiger partial charge on any atom is 0.222 e. The van der Waals surface area contributed by atoms with Gasteiger partial charge in [0.15, 0.2) is 5.82 Å². The predicted molar refractivity (Wildman–Crippen MR) is 102 cm³/mol. The third kappa shape index (κ3) is 3.57. The molecule has 0 aliphatic heterocycles. The average Bonchev–Trinajstić information content (AvgIpc) is 2.58. The van der Waals surface area contributed by atoms with Gasteiger partial charge in [0.1, 0.15) is 16.5 Å². The van der Waals surface area contributed by atoms with Gasteiger partial charge < -0.3 is 15.9 Å². The second-order valence-corrected chi connectivity index (χ2v) is 5.89. The van der Waals surface area contributed by atoms with Gasteiger partial charge in [-0.2, -0.15) is 17.6 Å². The molecule has 0 atom stereocenters. The minimum absolute atomic E-state index is 0.0498. The van der Waals surface area contributed by atoms with Crippen LogP contribution in [0.4, 0.5) is 23.1 Å². The molecule has 25 heavy (non-hydrogen) atoms. The Morgan fingerprint density at radius 2 is 1.56 bits per heavy atom. The van der Waals surface area contributed by atoms with E-state index in [1.54, 1.807) is 53.4 Å². The Balaban J connectivity index is 2.27. The fraction of sp³-hybridized carbons (Fsp3) is 0.0588. The number of hydrogen-bond acceptors (Lipinski definition) is 7. The highest BCUT2D eigenvalue weighted by Crippen LogP contribution is 2.40.